The first-order chi connectivity index (χ1) is 11.2. The molecule has 0 spiro atoms. The Morgan fingerprint density at radius 3 is 2.74 bits per heavy atom. The summed E-state index contributed by atoms with van der Waals surface area (Å²) >= 11 is 0. The Kier molecular flexibility index (Phi) is 2.84. The Labute approximate surface area is 136 Å². The maximum atomic E-state index is 6.24. The van der Waals surface area contributed by atoms with Crippen molar-refractivity contribution in [3.8, 4) is 0 Å². The minimum Gasteiger partial charge on any atom is -0.437 e. The van der Waals surface area contributed by atoms with Gasteiger partial charge in [-0.15, -0.1) is 0 Å². The topological polar surface area (TPSA) is 29.3 Å². The molecule has 2 bridgehead atoms. The van der Waals surface area contributed by atoms with Gasteiger partial charge in [0.25, 0.3) is 0 Å². The molecule has 0 aliphatic carbocycles. The van der Waals surface area contributed by atoms with Crippen LogP contribution in [0.5, 0.6) is 0 Å². The Bertz CT molecular complexity index is 887. The van der Waals surface area contributed by atoms with E-state index in [0.29, 0.717) is 12.0 Å². The zero-order chi connectivity index (χ0) is 15.6. The zero-order valence-electron chi connectivity index (χ0n) is 13.7. The largest absolute Gasteiger partial charge is 0.437 e. The van der Waals surface area contributed by atoms with Crippen LogP contribution in [0.25, 0.3) is 22.1 Å². The summed E-state index contributed by atoms with van der Waals surface area (Å²) in [6.45, 7) is 7.16. The van der Waals surface area contributed by atoms with E-state index in [2.05, 4.69) is 41.9 Å². The first-order valence-corrected chi connectivity index (χ1v) is 8.75. The van der Waals surface area contributed by atoms with Gasteiger partial charge in [0, 0.05) is 34.5 Å². The van der Waals surface area contributed by atoms with Gasteiger partial charge in [-0.25, -0.2) is 4.98 Å². The molecule has 3 fully saturated rings. The molecule has 2 unspecified atom stereocenters. The van der Waals surface area contributed by atoms with E-state index < -0.39 is 0 Å². The van der Waals surface area contributed by atoms with Crippen LogP contribution in [-0.4, -0.2) is 29.0 Å². The number of hydrogen-bond donors (Lipinski definition) is 0. The molecular weight excluding hydrogens is 284 g/mol. The lowest BCUT2D eigenvalue weighted by Crippen LogP contribution is -2.52. The third-order valence-corrected chi connectivity index (χ3v) is 6.19. The van der Waals surface area contributed by atoms with Crippen LogP contribution >= 0.6 is 0 Å². The second-order valence-corrected chi connectivity index (χ2v) is 7.27. The number of fused-ring (bicyclic) bond motifs is 6. The highest BCUT2D eigenvalue weighted by molar-refractivity contribution is 6.05. The molecule has 1 aromatic carbocycles. The number of benzene rings is 1. The normalized spacial score (nSPS) is 30.3. The number of hydrogen-bond acceptors (Lipinski definition) is 3. The summed E-state index contributed by atoms with van der Waals surface area (Å²) in [7, 11) is 0. The van der Waals surface area contributed by atoms with E-state index in [4.69, 9.17) is 4.42 Å². The Morgan fingerprint density at radius 2 is 1.96 bits per heavy atom. The van der Waals surface area contributed by atoms with Crippen molar-refractivity contribution in [3.05, 3.63) is 41.6 Å². The fourth-order valence-electron chi connectivity index (χ4n) is 4.99. The van der Waals surface area contributed by atoms with Crippen molar-refractivity contribution in [1.29, 1.82) is 0 Å². The van der Waals surface area contributed by atoms with Gasteiger partial charge < -0.3 is 9.32 Å². The van der Waals surface area contributed by atoms with Gasteiger partial charge in [-0.2, -0.15) is 0 Å². The SMILES string of the molecule is Cc1ccc2c(oc3ncccc32)c1C1C2CCN(CC2)C1C. The van der Waals surface area contributed by atoms with Crippen molar-refractivity contribution in [1.82, 2.24) is 9.88 Å². The summed E-state index contributed by atoms with van der Waals surface area (Å²) in [5.41, 5.74) is 4.64. The lowest BCUT2D eigenvalue weighted by Gasteiger charge is -2.50. The highest BCUT2D eigenvalue weighted by atomic mass is 16.3. The lowest BCUT2D eigenvalue weighted by atomic mass is 9.70. The summed E-state index contributed by atoms with van der Waals surface area (Å²) in [6.07, 6.45) is 4.46. The van der Waals surface area contributed by atoms with Crippen LogP contribution in [0.15, 0.2) is 34.9 Å². The van der Waals surface area contributed by atoms with Gasteiger partial charge in [-0.1, -0.05) is 12.1 Å². The maximum Gasteiger partial charge on any atom is 0.227 e. The van der Waals surface area contributed by atoms with E-state index in [9.17, 15) is 0 Å². The minimum atomic E-state index is 0.585. The zero-order valence-corrected chi connectivity index (χ0v) is 13.7. The fraction of sp³-hybridized carbons (Fsp3) is 0.450. The average molecular weight is 306 g/mol. The summed E-state index contributed by atoms with van der Waals surface area (Å²) in [5.74, 6) is 1.38. The van der Waals surface area contributed by atoms with Crippen LogP contribution in [0.4, 0.5) is 0 Å². The standard InChI is InChI=1S/C20H22N2O/c1-12-5-6-15-16-4-3-9-21-20(16)23-19(15)17(12)18-13(2)22-10-7-14(18)8-11-22/h3-6,9,13-14,18H,7-8,10-11H2,1-2H3. The van der Waals surface area contributed by atoms with Crippen LogP contribution in [0.3, 0.4) is 0 Å². The lowest BCUT2D eigenvalue weighted by molar-refractivity contribution is 0.0350. The van der Waals surface area contributed by atoms with Crippen molar-refractivity contribution in [2.45, 2.75) is 38.6 Å². The number of pyridine rings is 1. The molecule has 118 valence electrons. The van der Waals surface area contributed by atoms with Crippen LogP contribution < -0.4 is 0 Å². The summed E-state index contributed by atoms with van der Waals surface area (Å²) < 4.78 is 6.24. The van der Waals surface area contributed by atoms with Gasteiger partial charge in [-0.05, 0) is 63.4 Å². The quantitative estimate of drug-likeness (QED) is 0.663. The number of aryl methyl sites for hydroxylation is 1. The number of furan rings is 1. The van der Waals surface area contributed by atoms with Gasteiger partial charge in [0.05, 0.1) is 0 Å². The summed E-state index contributed by atoms with van der Waals surface area (Å²) in [6, 6.07) is 9.19. The second-order valence-electron chi connectivity index (χ2n) is 7.27. The molecule has 3 saturated heterocycles. The van der Waals surface area contributed by atoms with Crippen molar-refractivity contribution < 1.29 is 4.42 Å². The molecule has 3 aliphatic heterocycles. The van der Waals surface area contributed by atoms with Crippen molar-refractivity contribution in [2.24, 2.45) is 5.92 Å². The summed E-state index contributed by atoms with van der Waals surface area (Å²) in [5, 5.41) is 2.36. The predicted molar refractivity (Wildman–Crippen MR) is 92.8 cm³/mol. The number of nitrogens with zero attached hydrogens (tertiary/aromatic N) is 2. The molecule has 3 aliphatic rings. The highest BCUT2D eigenvalue weighted by Gasteiger charge is 2.42. The Morgan fingerprint density at radius 1 is 1.13 bits per heavy atom. The second kappa shape index (κ2) is 4.81. The predicted octanol–water partition coefficient (Wildman–Crippen LogP) is 4.49. The monoisotopic (exact) mass is 306 g/mol. The first-order valence-electron chi connectivity index (χ1n) is 8.75. The molecule has 5 heterocycles. The Balaban J connectivity index is 1.79. The van der Waals surface area contributed by atoms with E-state index in [1.807, 2.05) is 12.3 Å². The van der Waals surface area contributed by atoms with Gasteiger partial charge in [0.15, 0.2) is 0 Å². The first kappa shape index (κ1) is 13.6. The molecule has 6 rings (SSSR count). The molecular formula is C20H22N2O. The van der Waals surface area contributed by atoms with Crippen LogP contribution in [0.1, 0.15) is 36.8 Å². The molecule has 3 heteroatoms. The third-order valence-electron chi connectivity index (χ3n) is 6.19. The van der Waals surface area contributed by atoms with Gasteiger partial charge in [0.1, 0.15) is 5.58 Å². The van der Waals surface area contributed by atoms with E-state index in [0.717, 1.165) is 22.6 Å². The molecule has 3 aromatic rings. The molecule has 3 nitrogen and oxygen atoms in total. The molecule has 0 saturated carbocycles. The fourth-order valence-corrected chi connectivity index (χ4v) is 4.99. The van der Waals surface area contributed by atoms with E-state index in [1.165, 1.54) is 42.4 Å². The van der Waals surface area contributed by atoms with Crippen LogP contribution in [0, 0.1) is 12.8 Å². The number of rotatable bonds is 1. The molecule has 0 radical (unpaired) electrons. The van der Waals surface area contributed by atoms with Crippen molar-refractivity contribution >= 4 is 22.1 Å². The van der Waals surface area contributed by atoms with Crippen LogP contribution in [0.2, 0.25) is 0 Å². The van der Waals surface area contributed by atoms with E-state index >= 15 is 0 Å². The maximum absolute atomic E-state index is 6.24. The van der Waals surface area contributed by atoms with Crippen molar-refractivity contribution in [3.63, 3.8) is 0 Å². The van der Waals surface area contributed by atoms with Gasteiger partial charge >= 0.3 is 0 Å². The molecule has 23 heavy (non-hydrogen) atoms. The number of aromatic nitrogens is 1. The molecule has 0 amide bonds. The van der Waals surface area contributed by atoms with Gasteiger partial charge in [0.2, 0.25) is 5.71 Å². The third kappa shape index (κ3) is 1.83. The molecule has 0 N–H and O–H groups in total. The summed E-state index contributed by atoms with van der Waals surface area (Å²) in [4.78, 5) is 7.08. The minimum absolute atomic E-state index is 0.585. The average Bonchev–Trinajstić information content (AvgIpc) is 2.95. The van der Waals surface area contributed by atoms with E-state index in [1.54, 1.807) is 0 Å². The smallest absolute Gasteiger partial charge is 0.227 e. The molecule has 2 atom stereocenters. The van der Waals surface area contributed by atoms with Crippen LogP contribution in [-0.2, 0) is 0 Å². The highest BCUT2D eigenvalue weighted by Crippen LogP contribution is 2.47. The number of piperidine rings is 3. The van der Waals surface area contributed by atoms with Gasteiger partial charge in [-0.3, -0.25) is 0 Å². The van der Waals surface area contributed by atoms with E-state index in [-0.39, 0.29) is 0 Å². The molecule has 2 aromatic heterocycles. The Hall–Kier alpha value is -1.87. The van der Waals surface area contributed by atoms with Crippen molar-refractivity contribution in [2.75, 3.05) is 13.1 Å².